The van der Waals surface area contributed by atoms with Crippen molar-refractivity contribution in [2.24, 2.45) is 10.2 Å². The molecule has 0 spiro atoms. The Morgan fingerprint density at radius 2 is 1.52 bits per heavy atom. The Morgan fingerprint density at radius 3 is 2.07 bits per heavy atom. The summed E-state index contributed by atoms with van der Waals surface area (Å²) in [6.45, 7) is 3.25. The van der Waals surface area contributed by atoms with E-state index in [1.54, 1.807) is 30.3 Å². The van der Waals surface area contributed by atoms with Gasteiger partial charge in [-0.2, -0.15) is 18.6 Å². The Morgan fingerprint density at radius 1 is 0.931 bits per heavy atom. The highest BCUT2D eigenvalue weighted by Crippen LogP contribution is 2.24. The fraction of sp³-hybridized carbons (Fsp3) is 0.143. The summed E-state index contributed by atoms with van der Waals surface area (Å²) in [5.41, 5.74) is 9.53. The van der Waals surface area contributed by atoms with Gasteiger partial charge in [-0.15, -0.1) is 0 Å². The molecule has 7 nitrogen and oxygen atoms in total. The molecule has 3 N–H and O–H groups in total. The van der Waals surface area contributed by atoms with Crippen LogP contribution in [0.15, 0.2) is 87.9 Å². The summed E-state index contributed by atoms with van der Waals surface area (Å²) in [6, 6.07) is 21.0. The van der Waals surface area contributed by atoms with E-state index in [0.717, 1.165) is 29.2 Å². The molecule has 0 bridgehead atoms. The normalized spacial score (nSPS) is 11.7. The van der Waals surface area contributed by atoms with Crippen molar-refractivity contribution in [3.63, 3.8) is 0 Å². The van der Waals surface area contributed by atoms with Crippen LogP contribution in [0.2, 0.25) is 0 Å². The first-order valence-corrected chi connectivity index (χ1v) is 10.5. The third kappa shape index (κ3) is 5.63. The highest BCUT2D eigenvalue weighted by Gasteiger charge is 2.11. The minimum Gasteiger partial charge on any atom is -0.399 e. The van der Waals surface area contributed by atoms with Gasteiger partial charge in [-0.25, -0.2) is 0 Å². The molecule has 0 heterocycles. The van der Waals surface area contributed by atoms with E-state index in [4.69, 9.17) is 5.73 Å². The Labute approximate surface area is 170 Å². The second-order valence-electron chi connectivity index (χ2n) is 6.44. The van der Waals surface area contributed by atoms with Gasteiger partial charge < -0.3 is 10.6 Å². The molecule has 29 heavy (non-hydrogen) atoms. The molecule has 0 saturated carbocycles. The van der Waals surface area contributed by atoms with Gasteiger partial charge in [0.25, 0.3) is 10.1 Å². The van der Waals surface area contributed by atoms with E-state index < -0.39 is 10.1 Å². The fourth-order valence-corrected chi connectivity index (χ4v) is 3.35. The largest absolute Gasteiger partial charge is 0.399 e. The molecule has 3 rings (SSSR count). The van der Waals surface area contributed by atoms with E-state index in [2.05, 4.69) is 15.1 Å². The smallest absolute Gasteiger partial charge is 0.294 e. The van der Waals surface area contributed by atoms with E-state index in [-0.39, 0.29) is 4.90 Å². The number of benzene rings is 3. The van der Waals surface area contributed by atoms with E-state index in [1.807, 2.05) is 37.3 Å². The molecular formula is C21H22N4O3S. The van der Waals surface area contributed by atoms with Crippen LogP contribution in [0, 0.1) is 0 Å². The first-order chi connectivity index (χ1) is 13.8. The van der Waals surface area contributed by atoms with Crippen LogP contribution >= 0.6 is 0 Å². The van der Waals surface area contributed by atoms with E-state index in [0.29, 0.717) is 12.2 Å². The molecule has 150 valence electrons. The first kappa shape index (κ1) is 20.5. The van der Waals surface area contributed by atoms with Gasteiger partial charge in [0.2, 0.25) is 0 Å². The van der Waals surface area contributed by atoms with Gasteiger partial charge >= 0.3 is 0 Å². The van der Waals surface area contributed by atoms with Crippen molar-refractivity contribution in [2.75, 3.05) is 17.2 Å². The van der Waals surface area contributed by atoms with Gasteiger partial charge in [0.15, 0.2) is 0 Å². The van der Waals surface area contributed by atoms with Crippen LogP contribution in [0.3, 0.4) is 0 Å². The number of anilines is 2. The molecule has 0 atom stereocenters. The second kappa shape index (κ2) is 8.85. The third-order valence-corrected chi connectivity index (χ3v) is 5.19. The number of rotatable bonds is 7. The third-order valence-electron chi connectivity index (χ3n) is 4.34. The summed E-state index contributed by atoms with van der Waals surface area (Å²) in [7, 11) is -4.22. The fourth-order valence-electron chi connectivity index (χ4n) is 2.80. The lowest BCUT2D eigenvalue weighted by Gasteiger charge is -2.23. The molecule has 0 aliphatic carbocycles. The maximum Gasteiger partial charge on any atom is 0.294 e. The maximum absolute atomic E-state index is 11.3. The topological polar surface area (TPSA) is 108 Å². The van der Waals surface area contributed by atoms with Gasteiger partial charge in [0, 0.05) is 24.5 Å². The zero-order valence-electron chi connectivity index (χ0n) is 15.9. The summed E-state index contributed by atoms with van der Waals surface area (Å²) in [6.07, 6.45) is 0. The van der Waals surface area contributed by atoms with Crippen molar-refractivity contribution in [1.82, 2.24) is 0 Å². The Bertz CT molecular complexity index is 1100. The average Bonchev–Trinajstić information content (AvgIpc) is 2.72. The monoisotopic (exact) mass is 410 g/mol. The van der Waals surface area contributed by atoms with Crippen molar-refractivity contribution < 1.29 is 13.0 Å². The summed E-state index contributed by atoms with van der Waals surface area (Å²) in [5, 5.41) is 8.41. The van der Waals surface area contributed by atoms with Crippen LogP contribution < -0.4 is 10.6 Å². The van der Waals surface area contributed by atoms with Gasteiger partial charge in [-0.1, -0.05) is 12.1 Å². The molecular weight excluding hydrogens is 388 g/mol. The minimum atomic E-state index is -4.22. The molecule has 0 unspecified atom stereocenters. The van der Waals surface area contributed by atoms with E-state index in [1.165, 1.54) is 12.1 Å². The van der Waals surface area contributed by atoms with Gasteiger partial charge in [0.1, 0.15) is 0 Å². The molecule has 0 aromatic heterocycles. The second-order valence-corrected chi connectivity index (χ2v) is 7.87. The summed E-state index contributed by atoms with van der Waals surface area (Å²) < 4.78 is 31.9. The van der Waals surface area contributed by atoms with Crippen LogP contribution in [-0.2, 0) is 16.7 Å². The van der Waals surface area contributed by atoms with Crippen LogP contribution in [-0.4, -0.2) is 19.5 Å². The summed E-state index contributed by atoms with van der Waals surface area (Å²) in [4.78, 5) is 1.98. The lowest BCUT2D eigenvalue weighted by Crippen LogP contribution is -2.22. The Balaban J connectivity index is 1.73. The molecule has 0 aliphatic rings. The number of hydrogen-bond acceptors (Lipinski definition) is 6. The van der Waals surface area contributed by atoms with Crippen molar-refractivity contribution >= 4 is 32.9 Å². The number of azo groups is 1. The standard InChI is InChI=1S/C21H22N4O3S/c1-2-25(15-16-4-3-5-21(14-16)29(26,27)28)20-12-10-19(11-13-20)24-23-18-8-6-17(22)7-9-18/h3-14H,2,15,22H2,1H3,(H,26,27,28). The van der Waals surface area contributed by atoms with Crippen LogP contribution in [0.25, 0.3) is 0 Å². The number of nitrogens with zero attached hydrogens (tertiary/aromatic N) is 3. The molecule has 0 amide bonds. The zero-order chi connectivity index (χ0) is 20.9. The number of nitrogen functional groups attached to an aromatic ring is 1. The molecule has 0 radical (unpaired) electrons. The Kier molecular flexibility index (Phi) is 6.26. The lowest BCUT2D eigenvalue weighted by molar-refractivity contribution is 0.483. The minimum absolute atomic E-state index is 0.107. The molecule has 0 aliphatic heterocycles. The average molecular weight is 410 g/mol. The van der Waals surface area contributed by atoms with Gasteiger partial charge in [0.05, 0.1) is 16.3 Å². The van der Waals surface area contributed by atoms with Crippen molar-refractivity contribution in [3.05, 3.63) is 78.4 Å². The summed E-state index contributed by atoms with van der Waals surface area (Å²) >= 11 is 0. The Hall–Kier alpha value is -3.23. The lowest BCUT2D eigenvalue weighted by atomic mass is 10.2. The van der Waals surface area contributed by atoms with Crippen molar-refractivity contribution in [1.29, 1.82) is 0 Å². The number of hydrogen-bond donors (Lipinski definition) is 2. The molecule has 0 saturated heterocycles. The molecule has 8 heteroatoms. The highest BCUT2D eigenvalue weighted by atomic mass is 32.2. The zero-order valence-corrected chi connectivity index (χ0v) is 16.7. The van der Waals surface area contributed by atoms with Crippen molar-refractivity contribution in [3.8, 4) is 0 Å². The van der Waals surface area contributed by atoms with E-state index in [9.17, 15) is 13.0 Å². The predicted octanol–water partition coefficient (Wildman–Crippen LogP) is 4.96. The predicted molar refractivity (Wildman–Crippen MR) is 114 cm³/mol. The first-order valence-electron chi connectivity index (χ1n) is 9.04. The molecule has 3 aromatic carbocycles. The van der Waals surface area contributed by atoms with Crippen LogP contribution in [0.1, 0.15) is 12.5 Å². The maximum atomic E-state index is 11.3. The van der Waals surface area contributed by atoms with E-state index >= 15 is 0 Å². The van der Waals surface area contributed by atoms with Gasteiger partial charge in [-0.3, -0.25) is 4.55 Å². The van der Waals surface area contributed by atoms with Gasteiger partial charge in [-0.05, 0) is 73.2 Å². The molecule has 0 fully saturated rings. The molecule has 3 aromatic rings. The summed E-state index contributed by atoms with van der Waals surface area (Å²) in [5.74, 6) is 0. The van der Waals surface area contributed by atoms with Crippen molar-refractivity contribution in [2.45, 2.75) is 18.4 Å². The van der Waals surface area contributed by atoms with Crippen LogP contribution in [0.4, 0.5) is 22.7 Å². The number of nitrogens with two attached hydrogens (primary N) is 1. The highest BCUT2D eigenvalue weighted by molar-refractivity contribution is 7.85. The quantitative estimate of drug-likeness (QED) is 0.325. The SMILES string of the molecule is CCN(Cc1cccc(S(=O)(=O)O)c1)c1ccc(N=Nc2ccc(N)cc2)cc1. The van der Waals surface area contributed by atoms with Crippen LogP contribution in [0.5, 0.6) is 0 Å².